The van der Waals surface area contributed by atoms with E-state index in [9.17, 15) is 4.79 Å². The molecule has 0 saturated carbocycles. The lowest BCUT2D eigenvalue weighted by atomic mass is 10.1. The second kappa shape index (κ2) is 9.82. The van der Waals surface area contributed by atoms with E-state index in [-0.39, 0.29) is 12.3 Å². The normalized spacial score (nSPS) is 32.5. The van der Waals surface area contributed by atoms with Crippen molar-refractivity contribution < 1.29 is 27.3 Å². The van der Waals surface area contributed by atoms with Gasteiger partial charge in [-0.15, -0.1) is 0 Å². The van der Waals surface area contributed by atoms with E-state index in [4.69, 9.17) is 18.0 Å². The Morgan fingerprint density at radius 2 is 1.92 bits per heavy atom. The van der Waals surface area contributed by atoms with E-state index in [2.05, 4.69) is 20.4 Å². The standard InChI is InChI=1S/C18H34NO5Si/c1-4-7-9-17-15-19(10-8-5-2)11-13-22-25(24-17,23-14-12-19)16-21-18(20)6-3/h6,17H,3-5,7-16H2,1-2H3/q+1. The van der Waals surface area contributed by atoms with Crippen LogP contribution in [-0.4, -0.2) is 71.0 Å². The second-order valence-corrected chi connectivity index (χ2v) is 9.59. The van der Waals surface area contributed by atoms with Gasteiger partial charge in [0.1, 0.15) is 19.6 Å². The van der Waals surface area contributed by atoms with Gasteiger partial charge in [0.25, 0.3) is 0 Å². The summed E-state index contributed by atoms with van der Waals surface area (Å²) in [6.07, 6.45) is 7.00. The monoisotopic (exact) mass is 372 g/mol. The first-order chi connectivity index (χ1) is 12.1. The molecule has 0 N–H and O–H groups in total. The highest BCUT2D eigenvalue weighted by Gasteiger charge is 2.51. The van der Waals surface area contributed by atoms with E-state index in [1.807, 2.05) is 0 Å². The van der Waals surface area contributed by atoms with Gasteiger partial charge in [0, 0.05) is 6.08 Å². The highest BCUT2D eigenvalue weighted by Crippen LogP contribution is 2.27. The number of esters is 1. The number of unbranched alkanes of at least 4 members (excludes halogenated alkanes) is 2. The van der Waals surface area contributed by atoms with Crippen LogP contribution in [-0.2, 0) is 22.8 Å². The van der Waals surface area contributed by atoms with Crippen molar-refractivity contribution >= 4 is 14.8 Å². The van der Waals surface area contributed by atoms with Gasteiger partial charge in [-0.3, -0.25) is 0 Å². The third-order valence-electron chi connectivity index (χ3n) is 5.14. The number of quaternary nitrogens is 1. The van der Waals surface area contributed by atoms with Crippen LogP contribution in [0.3, 0.4) is 0 Å². The van der Waals surface area contributed by atoms with Crippen molar-refractivity contribution in [3.8, 4) is 0 Å². The summed E-state index contributed by atoms with van der Waals surface area (Å²) in [6, 6.07) is 0. The van der Waals surface area contributed by atoms with Crippen LogP contribution in [0.4, 0.5) is 0 Å². The number of carbonyl (C=O) groups is 1. The molecule has 3 aliphatic heterocycles. The van der Waals surface area contributed by atoms with E-state index in [1.165, 1.54) is 12.8 Å². The average molecular weight is 373 g/mol. The molecule has 3 rings (SSSR count). The molecule has 0 radical (unpaired) electrons. The Balaban J connectivity index is 2.14. The van der Waals surface area contributed by atoms with Crippen LogP contribution in [0.1, 0.15) is 46.0 Å². The average Bonchev–Trinajstić information content (AvgIpc) is 2.58. The number of nitrogens with zero attached hydrogens (tertiary/aromatic N) is 1. The molecular formula is C18H34NO5Si+. The Kier molecular flexibility index (Phi) is 8.09. The first-order valence-corrected chi connectivity index (χ1v) is 11.6. The van der Waals surface area contributed by atoms with Gasteiger partial charge >= 0.3 is 14.8 Å². The van der Waals surface area contributed by atoms with Crippen LogP contribution >= 0.6 is 0 Å². The summed E-state index contributed by atoms with van der Waals surface area (Å²) in [6.45, 7) is 13.2. The minimum atomic E-state index is -2.98. The fourth-order valence-corrected chi connectivity index (χ4v) is 5.92. The van der Waals surface area contributed by atoms with Crippen molar-refractivity contribution in [1.29, 1.82) is 0 Å². The van der Waals surface area contributed by atoms with Crippen LogP contribution in [0.15, 0.2) is 12.7 Å². The Hall–Kier alpha value is -0.733. The van der Waals surface area contributed by atoms with Crippen molar-refractivity contribution in [3.05, 3.63) is 12.7 Å². The molecule has 0 aliphatic carbocycles. The molecule has 3 heterocycles. The molecule has 0 aromatic heterocycles. The maximum absolute atomic E-state index is 11.5. The summed E-state index contributed by atoms with van der Waals surface area (Å²) in [5, 5.41) is 0. The predicted octanol–water partition coefficient (Wildman–Crippen LogP) is 2.45. The molecule has 1 atom stereocenters. The minimum absolute atomic E-state index is 0.0788. The molecule has 3 fully saturated rings. The lowest BCUT2D eigenvalue weighted by Crippen LogP contribution is -2.67. The van der Waals surface area contributed by atoms with Gasteiger partial charge in [-0.05, 0) is 12.8 Å². The summed E-state index contributed by atoms with van der Waals surface area (Å²) < 4.78 is 24.9. The Morgan fingerprint density at radius 1 is 1.24 bits per heavy atom. The Labute approximate surface area is 153 Å². The topological polar surface area (TPSA) is 54.0 Å². The molecule has 0 spiro atoms. The molecule has 0 amide bonds. The number of hydrogen-bond acceptors (Lipinski definition) is 5. The third kappa shape index (κ3) is 5.89. The van der Waals surface area contributed by atoms with Gasteiger partial charge in [0.2, 0.25) is 0 Å². The highest BCUT2D eigenvalue weighted by molar-refractivity contribution is 6.60. The largest absolute Gasteiger partial charge is 0.541 e. The summed E-state index contributed by atoms with van der Waals surface area (Å²) in [5.74, 6) is -0.458. The maximum Gasteiger partial charge on any atom is 0.541 e. The number of fused-ring (bicyclic) bond motifs is 6. The molecular weight excluding hydrogens is 338 g/mol. The maximum atomic E-state index is 11.5. The van der Waals surface area contributed by atoms with Gasteiger partial charge in [-0.1, -0.05) is 39.7 Å². The molecule has 2 bridgehead atoms. The van der Waals surface area contributed by atoms with Crippen molar-refractivity contribution in [2.45, 2.75) is 52.1 Å². The smallest absolute Gasteiger partial charge is 0.458 e. The number of carbonyl (C=O) groups excluding carboxylic acids is 1. The minimum Gasteiger partial charge on any atom is -0.458 e. The summed E-state index contributed by atoms with van der Waals surface area (Å²) in [5.41, 5.74) is 0. The van der Waals surface area contributed by atoms with Crippen LogP contribution in [0.25, 0.3) is 0 Å². The van der Waals surface area contributed by atoms with Crippen molar-refractivity contribution in [2.75, 3.05) is 45.6 Å². The highest BCUT2D eigenvalue weighted by atomic mass is 28.4. The zero-order valence-electron chi connectivity index (χ0n) is 15.8. The third-order valence-corrected chi connectivity index (χ3v) is 7.61. The van der Waals surface area contributed by atoms with Gasteiger partial charge in [0.15, 0.2) is 6.23 Å². The zero-order valence-corrected chi connectivity index (χ0v) is 16.8. The summed E-state index contributed by atoms with van der Waals surface area (Å²) in [7, 11) is -2.98. The molecule has 0 aromatic carbocycles. The van der Waals surface area contributed by atoms with Gasteiger partial charge in [-0.2, -0.15) is 0 Å². The number of rotatable bonds is 9. The van der Waals surface area contributed by atoms with Crippen LogP contribution in [0.2, 0.25) is 0 Å². The van der Waals surface area contributed by atoms with E-state index in [1.54, 1.807) is 0 Å². The number of hydrogen-bond donors (Lipinski definition) is 0. The Bertz CT molecular complexity index is 435. The molecule has 0 aromatic rings. The molecule has 3 saturated heterocycles. The fraction of sp³-hybridized carbons (Fsp3) is 0.833. The summed E-state index contributed by atoms with van der Waals surface area (Å²) in [4.78, 5) is 11.5. The number of ether oxygens (including phenoxy) is 1. The molecule has 6 nitrogen and oxygen atoms in total. The van der Waals surface area contributed by atoms with Gasteiger partial charge in [-0.25, -0.2) is 4.79 Å². The van der Waals surface area contributed by atoms with E-state index in [0.29, 0.717) is 13.2 Å². The SMILES string of the molecule is C=CC(=O)OC[Si]12OCC[N+](CCCC)(CCO1)CC(CCCC)O2. The van der Waals surface area contributed by atoms with E-state index < -0.39 is 14.8 Å². The molecule has 3 aliphatic rings. The molecule has 7 heteroatoms. The Morgan fingerprint density at radius 3 is 2.52 bits per heavy atom. The first kappa shape index (κ1) is 20.6. The van der Waals surface area contributed by atoms with Gasteiger partial charge < -0.3 is 22.5 Å². The quantitative estimate of drug-likeness (QED) is 0.269. The van der Waals surface area contributed by atoms with Crippen LogP contribution in [0, 0.1) is 0 Å². The van der Waals surface area contributed by atoms with Crippen molar-refractivity contribution in [1.82, 2.24) is 0 Å². The fourth-order valence-electron chi connectivity index (χ4n) is 3.64. The zero-order chi connectivity index (χ0) is 18.2. The molecule has 144 valence electrons. The first-order valence-electron chi connectivity index (χ1n) is 9.67. The van der Waals surface area contributed by atoms with Crippen molar-refractivity contribution in [3.63, 3.8) is 0 Å². The summed E-state index contributed by atoms with van der Waals surface area (Å²) >= 11 is 0. The second-order valence-electron chi connectivity index (χ2n) is 7.12. The van der Waals surface area contributed by atoms with E-state index >= 15 is 0 Å². The van der Waals surface area contributed by atoms with Crippen molar-refractivity contribution in [2.24, 2.45) is 0 Å². The van der Waals surface area contributed by atoms with Crippen LogP contribution < -0.4 is 0 Å². The molecule has 25 heavy (non-hydrogen) atoms. The lowest BCUT2D eigenvalue weighted by molar-refractivity contribution is -0.933. The predicted molar refractivity (Wildman–Crippen MR) is 97.8 cm³/mol. The lowest BCUT2D eigenvalue weighted by Gasteiger charge is -2.48. The van der Waals surface area contributed by atoms with E-state index in [0.717, 1.165) is 56.0 Å². The van der Waals surface area contributed by atoms with Gasteiger partial charge in [0.05, 0.1) is 25.9 Å². The van der Waals surface area contributed by atoms with Crippen LogP contribution in [0.5, 0.6) is 0 Å². The molecule has 1 unspecified atom stereocenters.